The Morgan fingerprint density at radius 3 is 1.96 bits per heavy atom. The molecule has 0 aliphatic carbocycles. The van der Waals surface area contributed by atoms with Crippen LogP contribution < -0.4 is 0 Å². The molecule has 0 unspecified atom stereocenters. The summed E-state index contributed by atoms with van der Waals surface area (Å²) >= 11 is 0. The second kappa shape index (κ2) is 9.51. The summed E-state index contributed by atoms with van der Waals surface area (Å²) in [5.41, 5.74) is 3.00. The maximum Gasteiger partial charge on any atom is 0.335 e. The van der Waals surface area contributed by atoms with Gasteiger partial charge in [-0.2, -0.15) is 0 Å². The first-order valence-electron chi connectivity index (χ1n) is 9.51. The van der Waals surface area contributed by atoms with Crippen molar-refractivity contribution in [2.45, 2.75) is 19.3 Å². The molecule has 1 N–H and O–H groups in total. The first-order chi connectivity index (χ1) is 12.7. The van der Waals surface area contributed by atoms with Crippen molar-refractivity contribution in [1.29, 1.82) is 0 Å². The summed E-state index contributed by atoms with van der Waals surface area (Å²) in [6, 6.07) is 18.0. The Hall–Kier alpha value is -2.17. The Bertz CT molecular complexity index is 677. The van der Waals surface area contributed by atoms with E-state index in [4.69, 9.17) is 5.11 Å². The number of carbonyl (C=O) groups is 1. The van der Waals surface area contributed by atoms with Gasteiger partial charge >= 0.3 is 5.97 Å². The van der Waals surface area contributed by atoms with Crippen molar-refractivity contribution in [3.63, 3.8) is 0 Å². The summed E-state index contributed by atoms with van der Waals surface area (Å²) < 4.78 is 0. The van der Waals surface area contributed by atoms with E-state index in [-0.39, 0.29) is 0 Å². The molecule has 4 nitrogen and oxygen atoms in total. The van der Waals surface area contributed by atoms with Crippen molar-refractivity contribution in [2.24, 2.45) is 0 Å². The third-order valence-corrected chi connectivity index (χ3v) is 5.17. The van der Waals surface area contributed by atoms with Gasteiger partial charge in [0, 0.05) is 32.7 Å². The highest BCUT2D eigenvalue weighted by Gasteiger charge is 2.16. The Balaban J connectivity index is 1.32. The zero-order chi connectivity index (χ0) is 18.2. The number of aryl methyl sites for hydroxylation is 1. The summed E-state index contributed by atoms with van der Waals surface area (Å²) in [6.45, 7) is 6.76. The molecule has 138 valence electrons. The largest absolute Gasteiger partial charge is 0.478 e. The fourth-order valence-electron chi connectivity index (χ4n) is 3.49. The average Bonchev–Trinajstić information content (AvgIpc) is 2.68. The topological polar surface area (TPSA) is 43.8 Å². The van der Waals surface area contributed by atoms with Crippen LogP contribution in [0.1, 0.15) is 27.9 Å². The Morgan fingerprint density at radius 2 is 1.35 bits per heavy atom. The predicted molar refractivity (Wildman–Crippen MR) is 105 cm³/mol. The van der Waals surface area contributed by atoms with E-state index in [0.29, 0.717) is 5.56 Å². The first kappa shape index (κ1) is 18.6. The van der Waals surface area contributed by atoms with Gasteiger partial charge in [0.2, 0.25) is 0 Å². The number of carboxylic acids is 1. The van der Waals surface area contributed by atoms with Gasteiger partial charge in [-0.15, -0.1) is 0 Å². The standard InChI is InChI=1S/C22H28N2O2/c25-22(26)21-10-8-20(9-11-21)12-14-24-17-15-23(16-18-24)13-4-7-19-5-2-1-3-6-19/h1-3,5-6,8-11H,4,7,12-18H2,(H,25,26). The van der Waals surface area contributed by atoms with Gasteiger partial charge in [-0.05, 0) is 49.1 Å². The van der Waals surface area contributed by atoms with Crippen LogP contribution in [0.5, 0.6) is 0 Å². The molecule has 1 aliphatic heterocycles. The first-order valence-corrected chi connectivity index (χ1v) is 9.51. The number of benzene rings is 2. The van der Waals surface area contributed by atoms with E-state index in [0.717, 1.165) is 45.6 Å². The van der Waals surface area contributed by atoms with Gasteiger partial charge in [-0.3, -0.25) is 0 Å². The van der Waals surface area contributed by atoms with Crippen LogP contribution in [0.4, 0.5) is 0 Å². The second-order valence-corrected chi connectivity index (χ2v) is 7.02. The summed E-state index contributed by atoms with van der Waals surface area (Å²) in [4.78, 5) is 16.0. The van der Waals surface area contributed by atoms with Crippen LogP contribution in [-0.4, -0.2) is 60.1 Å². The van der Waals surface area contributed by atoms with E-state index in [1.165, 1.54) is 24.1 Å². The monoisotopic (exact) mass is 352 g/mol. The van der Waals surface area contributed by atoms with E-state index >= 15 is 0 Å². The lowest BCUT2D eigenvalue weighted by molar-refractivity contribution is 0.0697. The van der Waals surface area contributed by atoms with E-state index < -0.39 is 5.97 Å². The van der Waals surface area contributed by atoms with Gasteiger partial charge in [-0.25, -0.2) is 4.79 Å². The number of rotatable bonds is 8. The van der Waals surface area contributed by atoms with E-state index in [9.17, 15) is 4.79 Å². The predicted octanol–water partition coefficient (Wildman–Crippen LogP) is 3.18. The summed E-state index contributed by atoms with van der Waals surface area (Å²) in [5.74, 6) is -0.861. The molecule has 4 heteroatoms. The maximum atomic E-state index is 10.9. The molecule has 1 fully saturated rings. The van der Waals surface area contributed by atoms with Gasteiger partial charge in [0.1, 0.15) is 0 Å². The van der Waals surface area contributed by atoms with Crippen molar-refractivity contribution < 1.29 is 9.90 Å². The zero-order valence-corrected chi connectivity index (χ0v) is 15.3. The lowest BCUT2D eigenvalue weighted by atomic mass is 10.1. The lowest BCUT2D eigenvalue weighted by Gasteiger charge is -2.34. The molecule has 0 saturated carbocycles. The molecular formula is C22H28N2O2. The molecular weight excluding hydrogens is 324 g/mol. The number of hydrogen-bond acceptors (Lipinski definition) is 3. The third-order valence-electron chi connectivity index (χ3n) is 5.17. The molecule has 0 spiro atoms. The van der Waals surface area contributed by atoms with Gasteiger partial charge in [0.25, 0.3) is 0 Å². The van der Waals surface area contributed by atoms with Crippen LogP contribution in [0.15, 0.2) is 54.6 Å². The second-order valence-electron chi connectivity index (χ2n) is 7.02. The smallest absolute Gasteiger partial charge is 0.335 e. The highest BCUT2D eigenvalue weighted by atomic mass is 16.4. The minimum atomic E-state index is -0.861. The van der Waals surface area contributed by atoms with Crippen LogP contribution in [-0.2, 0) is 12.8 Å². The molecule has 0 radical (unpaired) electrons. The highest BCUT2D eigenvalue weighted by Crippen LogP contribution is 2.09. The Labute approximate surface area is 156 Å². The van der Waals surface area contributed by atoms with Crippen molar-refractivity contribution in [1.82, 2.24) is 9.80 Å². The summed E-state index contributed by atoms with van der Waals surface area (Å²) in [7, 11) is 0. The quantitative estimate of drug-likeness (QED) is 0.792. The third kappa shape index (κ3) is 5.68. The lowest BCUT2D eigenvalue weighted by Crippen LogP contribution is -2.47. The zero-order valence-electron chi connectivity index (χ0n) is 15.3. The normalized spacial score (nSPS) is 15.8. The molecule has 0 atom stereocenters. The van der Waals surface area contributed by atoms with Crippen LogP contribution in [0.2, 0.25) is 0 Å². The van der Waals surface area contributed by atoms with Crippen molar-refractivity contribution >= 4 is 5.97 Å². The van der Waals surface area contributed by atoms with Gasteiger partial charge < -0.3 is 14.9 Å². The fraction of sp³-hybridized carbons (Fsp3) is 0.409. The van der Waals surface area contributed by atoms with Gasteiger partial charge in [0.05, 0.1) is 5.56 Å². The highest BCUT2D eigenvalue weighted by molar-refractivity contribution is 5.87. The SMILES string of the molecule is O=C(O)c1ccc(CCN2CCN(CCCc3ccccc3)CC2)cc1. The minimum Gasteiger partial charge on any atom is -0.478 e. The molecule has 2 aromatic rings. The molecule has 0 amide bonds. The van der Waals surface area contributed by atoms with Crippen molar-refractivity contribution in [3.8, 4) is 0 Å². The molecule has 1 heterocycles. The number of hydrogen-bond donors (Lipinski definition) is 1. The number of aromatic carboxylic acids is 1. The number of piperazine rings is 1. The van der Waals surface area contributed by atoms with E-state index in [1.54, 1.807) is 12.1 Å². The van der Waals surface area contributed by atoms with Crippen LogP contribution >= 0.6 is 0 Å². The van der Waals surface area contributed by atoms with Gasteiger partial charge in [0.15, 0.2) is 0 Å². The molecule has 3 rings (SSSR count). The van der Waals surface area contributed by atoms with E-state index in [2.05, 4.69) is 40.1 Å². The molecule has 2 aromatic carbocycles. The maximum absolute atomic E-state index is 10.9. The molecule has 1 aliphatic rings. The number of nitrogens with zero attached hydrogens (tertiary/aromatic N) is 2. The number of carboxylic acid groups (broad SMARTS) is 1. The molecule has 1 saturated heterocycles. The Kier molecular flexibility index (Phi) is 6.81. The average molecular weight is 352 g/mol. The van der Waals surface area contributed by atoms with Crippen molar-refractivity contribution in [2.75, 3.05) is 39.3 Å². The van der Waals surface area contributed by atoms with Crippen LogP contribution in [0.25, 0.3) is 0 Å². The van der Waals surface area contributed by atoms with Gasteiger partial charge in [-0.1, -0.05) is 42.5 Å². The minimum absolute atomic E-state index is 0.359. The molecule has 0 bridgehead atoms. The molecule has 26 heavy (non-hydrogen) atoms. The van der Waals surface area contributed by atoms with E-state index in [1.807, 2.05) is 12.1 Å². The fourth-order valence-corrected chi connectivity index (χ4v) is 3.49. The Morgan fingerprint density at radius 1 is 0.769 bits per heavy atom. The molecule has 0 aromatic heterocycles. The summed E-state index contributed by atoms with van der Waals surface area (Å²) in [5, 5.41) is 8.95. The summed E-state index contributed by atoms with van der Waals surface area (Å²) in [6.07, 6.45) is 3.36. The van der Waals surface area contributed by atoms with Crippen LogP contribution in [0, 0.1) is 0 Å². The van der Waals surface area contributed by atoms with Crippen molar-refractivity contribution in [3.05, 3.63) is 71.3 Å². The van der Waals surface area contributed by atoms with Crippen LogP contribution in [0.3, 0.4) is 0 Å².